The standard InChI is InChI=1S/C26H26N4/c1-3-7-19-21(9-5-1)29-25-15-17(11-13-23(25)27-19)18-12-14-24-26(16-18)30-22-10-6-2-4-8-20(22)28-24/h11-16H,1-10H2. The maximum absolute atomic E-state index is 5.00. The Morgan fingerprint density at radius 1 is 0.400 bits per heavy atom. The molecule has 2 heterocycles. The summed E-state index contributed by atoms with van der Waals surface area (Å²) >= 11 is 0. The molecule has 0 saturated carbocycles. The molecule has 150 valence electrons. The molecule has 0 amide bonds. The normalized spacial score (nSPS) is 16.7. The molecule has 0 spiro atoms. The van der Waals surface area contributed by atoms with Crippen LogP contribution in [0.2, 0.25) is 0 Å². The van der Waals surface area contributed by atoms with Crippen LogP contribution in [-0.2, 0) is 25.7 Å². The van der Waals surface area contributed by atoms with Gasteiger partial charge in [0, 0.05) is 0 Å². The fraction of sp³-hybridized carbons (Fsp3) is 0.385. The van der Waals surface area contributed by atoms with E-state index >= 15 is 0 Å². The molecule has 4 nitrogen and oxygen atoms in total. The minimum Gasteiger partial charge on any atom is -0.249 e. The summed E-state index contributed by atoms with van der Waals surface area (Å²) < 4.78 is 0. The van der Waals surface area contributed by atoms with Crippen LogP contribution < -0.4 is 0 Å². The summed E-state index contributed by atoms with van der Waals surface area (Å²) in [6.45, 7) is 0. The number of rotatable bonds is 1. The molecule has 0 N–H and O–H groups in total. The topological polar surface area (TPSA) is 51.6 Å². The zero-order chi connectivity index (χ0) is 19.9. The van der Waals surface area contributed by atoms with Crippen LogP contribution >= 0.6 is 0 Å². The Hall–Kier alpha value is -2.88. The highest BCUT2D eigenvalue weighted by atomic mass is 14.8. The summed E-state index contributed by atoms with van der Waals surface area (Å²) in [4.78, 5) is 19.9. The van der Waals surface area contributed by atoms with Gasteiger partial charge in [0.05, 0.1) is 44.8 Å². The molecule has 0 radical (unpaired) electrons. The maximum Gasteiger partial charge on any atom is 0.0896 e. The smallest absolute Gasteiger partial charge is 0.0896 e. The van der Waals surface area contributed by atoms with Crippen LogP contribution in [-0.4, -0.2) is 19.9 Å². The molecule has 2 aromatic carbocycles. The van der Waals surface area contributed by atoms with Gasteiger partial charge in [0.1, 0.15) is 0 Å². The summed E-state index contributed by atoms with van der Waals surface area (Å²) in [7, 11) is 0. The van der Waals surface area contributed by atoms with E-state index in [1.807, 2.05) is 0 Å². The number of hydrogen-bond donors (Lipinski definition) is 0. The monoisotopic (exact) mass is 394 g/mol. The van der Waals surface area contributed by atoms with Gasteiger partial charge < -0.3 is 0 Å². The number of hydrogen-bond acceptors (Lipinski definition) is 4. The zero-order valence-electron chi connectivity index (χ0n) is 17.3. The second-order valence-corrected chi connectivity index (χ2v) is 8.76. The van der Waals surface area contributed by atoms with Gasteiger partial charge in [0.15, 0.2) is 0 Å². The van der Waals surface area contributed by atoms with E-state index in [2.05, 4.69) is 36.4 Å². The van der Waals surface area contributed by atoms with Crippen LogP contribution in [0.5, 0.6) is 0 Å². The highest BCUT2D eigenvalue weighted by molar-refractivity contribution is 5.86. The lowest BCUT2D eigenvalue weighted by Gasteiger charge is -2.10. The maximum atomic E-state index is 5.00. The van der Waals surface area contributed by atoms with Crippen molar-refractivity contribution >= 4 is 22.1 Å². The highest BCUT2D eigenvalue weighted by Crippen LogP contribution is 2.28. The molecule has 2 aromatic heterocycles. The van der Waals surface area contributed by atoms with Crippen molar-refractivity contribution < 1.29 is 0 Å². The molecule has 0 aliphatic heterocycles. The molecule has 2 aliphatic rings. The Kier molecular flexibility index (Phi) is 4.44. The van der Waals surface area contributed by atoms with Crippen LogP contribution in [0.3, 0.4) is 0 Å². The van der Waals surface area contributed by atoms with Gasteiger partial charge in [-0.25, -0.2) is 19.9 Å². The lowest BCUT2D eigenvalue weighted by molar-refractivity contribution is 0.707. The molecule has 0 atom stereocenters. The Balaban J connectivity index is 1.42. The minimum absolute atomic E-state index is 1.00. The van der Waals surface area contributed by atoms with Gasteiger partial charge in [-0.05, 0) is 86.8 Å². The number of benzene rings is 2. The number of nitrogens with zero attached hydrogens (tertiary/aromatic N) is 4. The largest absolute Gasteiger partial charge is 0.249 e. The van der Waals surface area contributed by atoms with E-state index in [0.29, 0.717) is 0 Å². The van der Waals surface area contributed by atoms with Gasteiger partial charge in [-0.2, -0.15) is 0 Å². The second kappa shape index (κ2) is 7.42. The predicted molar refractivity (Wildman–Crippen MR) is 121 cm³/mol. The summed E-state index contributed by atoms with van der Waals surface area (Å²) in [6, 6.07) is 12.9. The van der Waals surface area contributed by atoms with Crippen molar-refractivity contribution in [2.75, 3.05) is 0 Å². The second-order valence-electron chi connectivity index (χ2n) is 8.76. The van der Waals surface area contributed by atoms with Gasteiger partial charge in [0.25, 0.3) is 0 Å². The third kappa shape index (κ3) is 3.24. The van der Waals surface area contributed by atoms with Gasteiger partial charge in [-0.1, -0.05) is 25.0 Å². The average molecular weight is 395 g/mol. The minimum atomic E-state index is 1.00. The Morgan fingerprint density at radius 2 is 0.767 bits per heavy atom. The van der Waals surface area contributed by atoms with E-state index in [-0.39, 0.29) is 0 Å². The molecular formula is C26H26N4. The van der Waals surface area contributed by atoms with Crippen molar-refractivity contribution in [3.63, 3.8) is 0 Å². The van der Waals surface area contributed by atoms with Crippen molar-refractivity contribution in [3.05, 3.63) is 59.2 Å². The lowest BCUT2D eigenvalue weighted by atomic mass is 10.0. The van der Waals surface area contributed by atoms with Crippen molar-refractivity contribution in [1.29, 1.82) is 0 Å². The fourth-order valence-corrected chi connectivity index (χ4v) is 4.94. The Bertz CT molecular complexity index is 1160. The van der Waals surface area contributed by atoms with Crippen LogP contribution in [0.15, 0.2) is 36.4 Å². The van der Waals surface area contributed by atoms with Gasteiger partial charge >= 0.3 is 0 Å². The summed E-state index contributed by atoms with van der Waals surface area (Å²) in [5, 5.41) is 0. The third-order valence-corrected chi connectivity index (χ3v) is 6.63. The average Bonchev–Trinajstić information content (AvgIpc) is 3.15. The first-order valence-corrected chi connectivity index (χ1v) is 11.4. The Labute approximate surface area is 176 Å². The van der Waals surface area contributed by atoms with Crippen LogP contribution in [0.4, 0.5) is 0 Å². The summed E-state index contributed by atoms with van der Waals surface area (Å²) in [5.74, 6) is 0. The Morgan fingerprint density at radius 3 is 1.17 bits per heavy atom. The van der Waals surface area contributed by atoms with Gasteiger partial charge in [0.2, 0.25) is 0 Å². The van der Waals surface area contributed by atoms with Crippen molar-refractivity contribution in [3.8, 4) is 11.1 Å². The molecule has 4 heteroatoms. The molecule has 0 fully saturated rings. The van der Waals surface area contributed by atoms with E-state index in [1.54, 1.807) is 0 Å². The molecule has 0 unspecified atom stereocenters. The van der Waals surface area contributed by atoms with Gasteiger partial charge in [-0.3, -0.25) is 0 Å². The van der Waals surface area contributed by atoms with Crippen molar-refractivity contribution in [2.45, 2.75) is 64.2 Å². The SMILES string of the molecule is c1cc2nc3c(nc2cc1-c1ccc2nc4c(nc2c1)CCCCC4)CCCCC3. The molecule has 2 aliphatic carbocycles. The van der Waals surface area contributed by atoms with Crippen molar-refractivity contribution in [1.82, 2.24) is 19.9 Å². The molecule has 6 rings (SSSR count). The molecule has 4 aromatic rings. The first-order chi connectivity index (χ1) is 14.8. The van der Waals surface area contributed by atoms with Gasteiger partial charge in [-0.15, -0.1) is 0 Å². The fourth-order valence-electron chi connectivity index (χ4n) is 4.94. The summed E-state index contributed by atoms with van der Waals surface area (Å²) in [5.41, 5.74) is 11.2. The van der Waals surface area contributed by atoms with Crippen molar-refractivity contribution in [2.24, 2.45) is 0 Å². The van der Waals surface area contributed by atoms with E-state index in [4.69, 9.17) is 19.9 Å². The van der Waals surface area contributed by atoms with E-state index < -0.39 is 0 Å². The molecule has 0 saturated heterocycles. The number of aromatic nitrogens is 4. The van der Waals surface area contributed by atoms with Crippen LogP contribution in [0, 0.1) is 0 Å². The predicted octanol–water partition coefficient (Wildman–Crippen LogP) is 5.78. The van der Waals surface area contributed by atoms with Crippen LogP contribution in [0.1, 0.15) is 61.3 Å². The van der Waals surface area contributed by atoms with Crippen LogP contribution in [0.25, 0.3) is 33.2 Å². The number of aryl methyl sites for hydroxylation is 4. The highest BCUT2D eigenvalue weighted by Gasteiger charge is 2.15. The first kappa shape index (κ1) is 17.9. The van der Waals surface area contributed by atoms with E-state index in [1.165, 1.54) is 72.4 Å². The molecule has 0 bridgehead atoms. The quantitative estimate of drug-likeness (QED) is 0.384. The summed E-state index contributed by atoms with van der Waals surface area (Å²) in [6.07, 6.45) is 11.7. The molecule has 30 heavy (non-hydrogen) atoms. The lowest BCUT2D eigenvalue weighted by Crippen LogP contribution is -2.01. The van der Waals surface area contributed by atoms with E-state index in [9.17, 15) is 0 Å². The third-order valence-electron chi connectivity index (χ3n) is 6.63. The van der Waals surface area contributed by atoms with E-state index in [0.717, 1.165) is 47.8 Å². The number of fused-ring (bicyclic) bond motifs is 4. The first-order valence-electron chi connectivity index (χ1n) is 11.4. The zero-order valence-corrected chi connectivity index (χ0v) is 17.3. The molecular weight excluding hydrogens is 368 g/mol.